The van der Waals surface area contributed by atoms with Gasteiger partial charge < -0.3 is 10.2 Å². The molecule has 2 nitrogen and oxygen atoms in total. The van der Waals surface area contributed by atoms with Gasteiger partial charge in [-0.05, 0) is 31.0 Å². The van der Waals surface area contributed by atoms with Crippen LogP contribution in [0.2, 0.25) is 5.02 Å². The van der Waals surface area contributed by atoms with Gasteiger partial charge in [-0.3, -0.25) is 0 Å². The molecule has 3 rings (SSSR count). The van der Waals surface area contributed by atoms with Crippen LogP contribution in [-0.4, -0.2) is 19.1 Å². The molecule has 17 heavy (non-hydrogen) atoms. The van der Waals surface area contributed by atoms with Crippen molar-refractivity contribution in [3.05, 3.63) is 23.2 Å². The molecule has 1 aromatic carbocycles. The van der Waals surface area contributed by atoms with Crippen molar-refractivity contribution in [3.63, 3.8) is 0 Å². The van der Waals surface area contributed by atoms with E-state index in [1.807, 2.05) is 6.07 Å². The standard InChI is InChI=1S/C14H19ClN2/c15-11-6-7-13-14(9-11)17-8-4-2-1-3-5-12(17)10-16-13/h6-7,9,12,16H,1-5,8,10H2. The maximum atomic E-state index is 6.13. The minimum atomic E-state index is 0.654. The molecule has 1 unspecified atom stereocenters. The number of nitrogens with one attached hydrogen (secondary N) is 1. The molecule has 1 saturated heterocycles. The first-order chi connectivity index (χ1) is 8.34. The summed E-state index contributed by atoms with van der Waals surface area (Å²) in [6.45, 7) is 2.26. The third kappa shape index (κ3) is 2.23. The highest BCUT2D eigenvalue weighted by atomic mass is 35.5. The first-order valence-electron chi connectivity index (χ1n) is 6.65. The predicted molar refractivity (Wildman–Crippen MR) is 74.2 cm³/mol. The fraction of sp³-hybridized carbons (Fsp3) is 0.571. The summed E-state index contributed by atoms with van der Waals surface area (Å²) >= 11 is 6.13. The molecular formula is C14H19ClN2. The Morgan fingerprint density at radius 3 is 3.00 bits per heavy atom. The van der Waals surface area contributed by atoms with Crippen molar-refractivity contribution in [1.82, 2.24) is 0 Å². The Labute approximate surface area is 108 Å². The number of halogens is 1. The molecule has 1 N–H and O–H groups in total. The van der Waals surface area contributed by atoms with E-state index in [2.05, 4.69) is 22.3 Å². The van der Waals surface area contributed by atoms with Gasteiger partial charge in [-0.15, -0.1) is 0 Å². The number of nitrogens with zero attached hydrogens (tertiary/aromatic N) is 1. The van der Waals surface area contributed by atoms with Gasteiger partial charge >= 0.3 is 0 Å². The zero-order valence-electron chi connectivity index (χ0n) is 10.1. The minimum absolute atomic E-state index is 0.654. The highest BCUT2D eigenvalue weighted by Crippen LogP contribution is 2.36. The first kappa shape index (κ1) is 11.2. The molecule has 1 fully saturated rings. The van der Waals surface area contributed by atoms with Gasteiger partial charge in [0.1, 0.15) is 0 Å². The normalized spacial score (nSPS) is 24.1. The van der Waals surface area contributed by atoms with Crippen LogP contribution >= 0.6 is 11.6 Å². The molecule has 2 aliphatic heterocycles. The zero-order chi connectivity index (χ0) is 11.7. The van der Waals surface area contributed by atoms with E-state index in [0.29, 0.717) is 6.04 Å². The molecule has 0 spiro atoms. The average Bonchev–Trinajstić information content (AvgIpc) is 2.29. The van der Waals surface area contributed by atoms with Gasteiger partial charge in [-0.1, -0.05) is 30.9 Å². The lowest BCUT2D eigenvalue weighted by Crippen LogP contribution is -2.45. The molecule has 2 aliphatic rings. The Balaban J connectivity index is 1.93. The summed E-state index contributed by atoms with van der Waals surface area (Å²) in [4.78, 5) is 2.57. The van der Waals surface area contributed by atoms with Crippen LogP contribution in [0.15, 0.2) is 18.2 Å². The molecule has 1 aromatic rings. The summed E-state index contributed by atoms with van der Waals surface area (Å²) in [7, 11) is 0. The molecule has 3 heteroatoms. The van der Waals surface area contributed by atoms with Crippen LogP contribution in [0.4, 0.5) is 11.4 Å². The average molecular weight is 251 g/mol. The van der Waals surface area contributed by atoms with Crippen LogP contribution < -0.4 is 10.2 Å². The minimum Gasteiger partial charge on any atom is -0.381 e. The fourth-order valence-electron chi connectivity index (χ4n) is 3.00. The van der Waals surface area contributed by atoms with Gasteiger partial charge in [0, 0.05) is 24.2 Å². The van der Waals surface area contributed by atoms with Crippen LogP contribution in [0.3, 0.4) is 0 Å². The summed E-state index contributed by atoms with van der Waals surface area (Å²) in [5.41, 5.74) is 2.54. The molecule has 0 saturated carbocycles. The molecule has 0 radical (unpaired) electrons. The highest BCUT2D eigenvalue weighted by Gasteiger charge is 2.26. The van der Waals surface area contributed by atoms with E-state index in [-0.39, 0.29) is 0 Å². The number of rotatable bonds is 0. The Hall–Kier alpha value is -0.890. The van der Waals surface area contributed by atoms with Crippen LogP contribution in [0.1, 0.15) is 32.1 Å². The second kappa shape index (κ2) is 4.77. The van der Waals surface area contributed by atoms with Crippen LogP contribution in [0.25, 0.3) is 0 Å². The number of anilines is 2. The van der Waals surface area contributed by atoms with Crippen LogP contribution in [0.5, 0.6) is 0 Å². The summed E-state index contributed by atoms with van der Waals surface area (Å²) < 4.78 is 0. The predicted octanol–water partition coefficient (Wildman–Crippen LogP) is 3.90. The van der Waals surface area contributed by atoms with Gasteiger partial charge in [0.05, 0.1) is 11.4 Å². The van der Waals surface area contributed by atoms with E-state index >= 15 is 0 Å². The number of hydrogen-bond acceptors (Lipinski definition) is 2. The van der Waals surface area contributed by atoms with Crippen molar-refractivity contribution < 1.29 is 0 Å². The Morgan fingerprint density at radius 2 is 2.06 bits per heavy atom. The maximum absolute atomic E-state index is 6.13. The van der Waals surface area contributed by atoms with E-state index in [4.69, 9.17) is 11.6 Å². The molecule has 0 aliphatic carbocycles. The molecule has 0 bridgehead atoms. The lowest BCUT2D eigenvalue weighted by molar-refractivity contribution is 0.472. The van der Waals surface area contributed by atoms with E-state index < -0.39 is 0 Å². The first-order valence-corrected chi connectivity index (χ1v) is 7.02. The van der Waals surface area contributed by atoms with Crippen molar-refractivity contribution in [2.24, 2.45) is 0 Å². The van der Waals surface area contributed by atoms with E-state index in [1.54, 1.807) is 0 Å². The Morgan fingerprint density at radius 1 is 1.18 bits per heavy atom. The van der Waals surface area contributed by atoms with Crippen LogP contribution in [0, 0.1) is 0 Å². The third-order valence-corrected chi connectivity index (χ3v) is 4.16. The number of hydrogen-bond donors (Lipinski definition) is 1. The maximum Gasteiger partial charge on any atom is 0.0620 e. The summed E-state index contributed by atoms with van der Waals surface area (Å²) in [6, 6.07) is 6.84. The van der Waals surface area contributed by atoms with E-state index in [9.17, 15) is 0 Å². The lowest BCUT2D eigenvalue weighted by Gasteiger charge is -2.41. The zero-order valence-corrected chi connectivity index (χ0v) is 10.8. The van der Waals surface area contributed by atoms with Gasteiger partial charge in [-0.25, -0.2) is 0 Å². The highest BCUT2D eigenvalue weighted by molar-refractivity contribution is 6.31. The molecule has 92 valence electrons. The topological polar surface area (TPSA) is 15.3 Å². The van der Waals surface area contributed by atoms with E-state index in [0.717, 1.165) is 11.6 Å². The van der Waals surface area contributed by atoms with E-state index in [1.165, 1.54) is 50.0 Å². The third-order valence-electron chi connectivity index (χ3n) is 3.92. The van der Waals surface area contributed by atoms with Crippen molar-refractivity contribution >= 4 is 23.0 Å². The SMILES string of the molecule is Clc1ccc2c(c1)N1CCCCCCC1CN2. The molecule has 2 heterocycles. The summed E-state index contributed by atoms with van der Waals surface area (Å²) in [6.07, 6.45) is 6.74. The smallest absolute Gasteiger partial charge is 0.0620 e. The quantitative estimate of drug-likeness (QED) is 0.751. The largest absolute Gasteiger partial charge is 0.381 e. The number of benzene rings is 1. The Bertz CT molecular complexity index is 405. The Kier molecular flexibility index (Phi) is 3.15. The lowest BCUT2D eigenvalue weighted by atomic mass is 9.98. The monoisotopic (exact) mass is 250 g/mol. The van der Waals surface area contributed by atoms with Crippen molar-refractivity contribution in [2.75, 3.05) is 23.3 Å². The summed E-state index contributed by atoms with van der Waals surface area (Å²) in [5, 5.41) is 4.38. The van der Waals surface area contributed by atoms with Gasteiger partial charge in [0.2, 0.25) is 0 Å². The van der Waals surface area contributed by atoms with Crippen LogP contribution in [-0.2, 0) is 0 Å². The molecule has 1 atom stereocenters. The van der Waals surface area contributed by atoms with Crippen molar-refractivity contribution in [3.8, 4) is 0 Å². The second-order valence-corrected chi connectivity index (χ2v) is 5.53. The van der Waals surface area contributed by atoms with Crippen molar-refractivity contribution in [1.29, 1.82) is 0 Å². The molecular weight excluding hydrogens is 232 g/mol. The number of fused-ring (bicyclic) bond motifs is 3. The van der Waals surface area contributed by atoms with Gasteiger partial charge in [-0.2, -0.15) is 0 Å². The summed E-state index contributed by atoms with van der Waals surface area (Å²) in [5.74, 6) is 0. The van der Waals surface area contributed by atoms with Gasteiger partial charge in [0.15, 0.2) is 0 Å². The fourth-order valence-corrected chi connectivity index (χ4v) is 3.17. The molecule has 0 amide bonds. The van der Waals surface area contributed by atoms with Gasteiger partial charge in [0.25, 0.3) is 0 Å². The van der Waals surface area contributed by atoms with Crippen molar-refractivity contribution in [2.45, 2.75) is 38.1 Å². The second-order valence-electron chi connectivity index (χ2n) is 5.09. The molecule has 0 aromatic heterocycles.